The van der Waals surface area contributed by atoms with Crippen LogP contribution in [0.1, 0.15) is 20.8 Å². The second-order valence-electron chi connectivity index (χ2n) is 11.4. The van der Waals surface area contributed by atoms with Gasteiger partial charge in [0.2, 0.25) is 5.69 Å². The third-order valence-corrected chi connectivity index (χ3v) is 13.6. The summed E-state index contributed by atoms with van der Waals surface area (Å²) in [6.45, 7) is -0.343. The molecule has 3 nitrogen and oxygen atoms in total. The van der Waals surface area contributed by atoms with Crippen LogP contribution >= 0.6 is 0 Å². The maximum atomic E-state index is 14.5. The lowest BCUT2D eigenvalue weighted by Crippen LogP contribution is -2.75. The zero-order valence-electron chi connectivity index (χ0n) is 27.9. The lowest BCUT2D eigenvalue weighted by Gasteiger charge is -2.35. The second kappa shape index (κ2) is 11.2. The third-order valence-electron chi connectivity index (χ3n) is 8.73. The van der Waals surface area contributed by atoms with Gasteiger partial charge in [0, 0.05) is 31.7 Å². The molecule has 0 saturated heterocycles. The van der Waals surface area contributed by atoms with Crippen molar-refractivity contribution in [2.24, 2.45) is 7.05 Å². The molecule has 0 unspecified atom stereocenters. The lowest BCUT2D eigenvalue weighted by molar-refractivity contribution is -0.660. The summed E-state index contributed by atoms with van der Waals surface area (Å²) < 4.78 is 75.8. The van der Waals surface area contributed by atoms with Gasteiger partial charge >= 0.3 is 0 Å². The molecule has 0 amide bonds. The first-order valence-corrected chi connectivity index (χ1v) is 16.6. The topological polar surface area (TPSA) is 40.8 Å². The minimum Gasteiger partial charge on any atom is -0.455 e. The van der Waals surface area contributed by atoms with Crippen molar-refractivity contribution in [3.63, 3.8) is 0 Å². The quantitative estimate of drug-likeness (QED) is 0.127. The summed E-state index contributed by atoms with van der Waals surface area (Å²) in [5, 5.41) is 14.8. The van der Waals surface area contributed by atoms with E-state index in [0.717, 1.165) is 27.6 Å². The molecule has 0 radical (unpaired) electrons. The maximum absolute atomic E-state index is 14.5. The van der Waals surface area contributed by atoms with Crippen molar-refractivity contribution in [3.8, 4) is 17.3 Å². The number of benzene rings is 5. The van der Waals surface area contributed by atoms with Gasteiger partial charge in [-0.25, -0.2) is 17.7 Å². The van der Waals surface area contributed by atoms with Crippen molar-refractivity contribution >= 4 is 50.8 Å². The average Bonchev–Trinajstić information content (AvgIpc) is 3.45. The number of pyridine rings is 1. The monoisotopic (exact) mass is 628 g/mol. The first-order valence-electron chi connectivity index (χ1n) is 16.1. The molecule has 46 heavy (non-hydrogen) atoms. The number of aromatic nitrogens is 1. The van der Waals surface area contributed by atoms with Gasteiger partial charge < -0.3 is 4.42 Å². The first kappa shape index (κ1) is 25.8. The number of nitriles is 1. The number of hydrogen-bond donors (Lipinski definition) is 0. The summed E-state index contributed by atoms with van der Waals surface area (Å²) in [4.78, 5) is 0. The Bertz CT molecular complexity index is 2320. The fourth-order valence-electron chi connectivity index (χ4n) is 6.69. The zero-order chi connectivity index (χ0) is 34.7. The van der Waals surface area contributed by atoms with Gasteiger partial charge in [-0.3, -0.25) is 0 Å². The lowest BCUT2D eigenvalue weighted by atomic mass is 10.00. The highest BCUT2D eigenvalue weighted by Gasteiger charge is 2.46. The summed E-state index contributed by atoms with van der Waals surface area (Å²) in [5.41, 5.74) is 3.80. The Labute approximate surface area is 269 Å². The van der Waals surface area contributed by atoms with E-state index in [1.807, 2.05) is 25.1 Å². The molecule has 2 heterocycles. The fourth-order valence-corrected chi connectivity index (χ4v) is 11.6. The minimum atomic E-state index is -3.70. The van der Waals surface area contributed by atoms with Gasteiger partial charge in [-0.05, 0) is 89.5 Å². The zero-order valence-corrected chi connectivity index (χ0v) is 25.9. The number of rotatable bonds is 5. The van der Waals surface area contributed by atoms with E-state index in [0.29, 0.717) is 37.5 Å². The smallest absolute Gasteiger partial charge is 0.216 e. The molecule has 0 aliphatic heterocycles. The van der Waals surface area contributed by atoms with Crippen molar-refractivity contribution < 1.29 is 26.3 Å². The fraction of sp³-hybridized carbons (Fsp3) is 0.0769. The first-order chi connectivity index (χ1) is 23.4. The van der Waals surface area contributed by atoms with Crippen LogP contribution in [0.2, 0.25) is 0 Å². The Hall–Kier alpha value is -5.45. The average molecular weight is 629 g/mol. The van der Waals surface area contributed by atoms with Crippen LogP contribution in [-0.4, -0.2) is 8.07 Å². The minimum absolute atomic E-state index is 0.197. The van der Waals surface area contributed by atoms with Crippen molar-refractivity contribution in [3.05, 3.63) is 150 Å². The molecule has 0 fully saturated rings. The summed E-state index contributed by atoms with van der Waals surface area (Å²) in [6.07, 6.45) is 1.58. The van der Waals surface area contributed by atoms with Crippen LogP contribution in [-0.2, 0) is 7.05 Å². The van der Waals surface area contributed by atoms with Gasteiger partial charge in [-0.2, -0.15) is 5.26 Å². The van der Waals surface area contributed by atoms with Crippen LogP contribution in [0, 0.1) is 42.6 Å². The molecule has 224 valence electrons. The van der Waals surface area contributed by atoms with E-state index in [-0.39, 0.29) is 5.56 Å². The van der Waals surface area contributed by atoms with Crippen LogP contribution in [0.3, 0.4) is 0 Å². The van der Waals surface area contributed by atoms with Crippen molar-refractivity contribution in [2.75, 3.05) is 0 Å². The summed E-state index contributed by atoms with van der Waals surface area (Å²) >= 11 is 0. The molecule has 0 N–H and O–H groups in total. The molecule has 0 spiro atoms. The van der Waals surface area contributed by atoms with E-state index in [9.17, 15) is 18.4 Å². The van der Waals surface area contributed by atoms with Crippen LogP contribution < -0.4 is 25.3 Å². The summed E-state index contributed by atoms with van der Waals surface area (Å²) in [6, 6.07) is 31.3. The van der Waals surface area contributed by atoms with Gasteiger partial charge in [-0.15, -0.1) is 0 Å². The highest BCUT2D eigenvalue weighted by molar-refractivity contribution is 7.21. The Morgan fingerprint density at radius 2 is 1.22 bits per heavy atom. The highest BCUT2D eigenvalue weighted by atomic mass is 28.3. The van der Waals surface area contributed by atoms with Gasteiger partial charge in [-0.1, -0.05) is 48.5 Å². The Morgan fingerprint density at radius 3 is 1.72 bits per heavy atom. The number of fused-ring (bicyclic) bond motifs is 3. The Kier molecular flexibility index (Phi) is 6.27. The third kappa shape index (κ3) is 4.53. The summed E-state index contributed by atoms with van der Waals surface area (Å²) in [5.74, 6) is -1.36. The predicted octanol–water partition coefficient (Wildman–Crippen LogP) is 6.36. The molecular weight excluding hydrogens is 598 g/mol. The number of halogens is 3. The molecule has 0 saturated carbocycles. The van der Waals surface area contributed by atoms with Crippen LogP contribution in [0.5, 0.6) is 0 Å². The molecule has 7 rings (SSSR count). The molecule has 7 heteroatoms. The van der Waals surface area contributed by atoms with E-state index in [1.165, 1.54) is 36.4 Å². The van der Waals surface area contributed by atoms with Gasteiger partial charge in [0.25, 0.3) is 0 Å². The largest absolute Gasteiger partial charge is 0.455 e. The van der Waals surface area contributed by atoms with Crippen LogP contribution in [0.4, 0.5) is 13.2 Å². The molecule has 5 aromatic carbocycles. The molecule has 2 aromatic heterocycles. The SMILES string of the molecule is [2H]C([2H])([2H])c1ccc(-c2c(C)ccc3c2oc2c([Si](c4ccc(F)cc4)(c4ccc(F)cc4)c4ccc(F)cc4)c(C#N)ccc23)[n+](C)c1. The predicted molar refractivity (Wildman–Crippen MR) is 178 cm³/mol. The summed E-state index contributed by atoms with van der Waals surface area (Å²) in [7, 11) is -1.92. The van der Waals surface area contributed by atoms with E-state index < -0.39 is 32.4 Å². The van der Waals surface area contributed by atoms with Crippen LogP contribution in [0.25, 0.3) is 33.2 Å². The Balaban J connectivity index is 1.66. The van der Waals surface area contributed by atoms with Crippen molar-refractivity contribution in [1.29, 1.82) is 5.26 Å². The second-order valence-corrected chi connectivity index (χ2v) is 15.1. The Morgan fingerprint density at radius 1 is 0.696 bits per heavy atom. The van der Waals surface area contributed by atoms with Crippen molar-refractivity contribution in [1.82, 2.24) is 0 Å². The van der Waals surface area contributed by atoms with Crippen LogP contribution in [0.15, 0.2) is 120 Å². The molecular formula is C39H28F3N2OSi+. The van der Waals surface area contributed by atoms with E-state index in [2.05, 4.69) is 6.07 Å². The van der Waals surface area contributed by atoms with Gasteiger partial charge in [0.1, 0.15) is 35.7 Å². The maximum Gasteiger partial charge on any atom is 0.216 e. The number of hydrogen-bond acceptors (Lipinski definition) is 2. The van der Waals surface area contributed by atoms with E-state index in [4.69, 9.17) is 8.53 Å². The number of nitrogens with zero attached hydrogens (tertiary/aromatic N) is 2. The van der Waals surface area contributed by atoms with E-state index in [1.54, 1.807) is 72.4 Å². The molecule has 0 atom stereocenters. The van der Waals surface area contributed by atoms with E-state index >= 15 is 0 Å². The molecule has 0 aliphatic rings. The number of aryl methyl sites for hydroxylation is 3. The van der Waals surface area contributed by atoms with Crippen molar-refractivity contribution in [2.45, 2.75) is 13.8 Å². The normalized spacial score (nSPS) is 12.9. The molecule has 0 bridgehead atoms. The molecule has 7 aromatic rings. The standard InChI is InChI=1S/C39H28F3N2OSi/c1-24-4-21-35(44(3)23-24)36-25(2)5-19-33-34-20-6-26(22-43)39(38(34)45-37(33)36)46(30-13-7-27(40)8-14-30,31-15-9-28(41)10-16-31)32-17-11-29(42)12-18-32/h4-21,23H,1-3H3/q+1/i1D3. The highest BCUT2D eigenvalue weighted by Crippen LogP contribution is 2.37. The molecule has 0 aliphatic carbocycles. The van der Waals surface area contributed by atoms with Gasteiger partial charge in [0.15, 0.2) is 14.3 Å². The van der Waals surface area contributed by atoms with Gasteiger partial charge in [0.05, 0.1) is 17.2 Å². The number of furan rings is 1.